The van der Waals surface area contributed by atoms with E-state index in [1.54, 1.807) is 109 Å². The molecule has 14 saturated carbocycles. The second-order valence-electron chi connectivity index (χ2n) is 52.3. The first kappa shape index (κ1) is 93.1. The lowest BCUT2D eigenvalue weighted by Gasteiger charge is -2.61. The highest BCUT2D eigenvalue weighted by atomic mass is 14.7. The average Bonchev–Trinajstić information content (AvgIpc) is 1.46. The summed E-state index contributed by atoms with van der Waals surface area (Å²) in [6.07, 6.45) is 80.5. The van der Waals surface area contributed by atoms with Crippen molar-refractivity contribution in [3.63, 3.8) is 0 Å². The largest absolute Gasteiger partial charge is 0.0845 e. The quantitative estimate of drug-likeness (QED) is 0.0845. The smallest absolute Gasteiger partial charge is 0.00851 e. The van der Waals surface area contributed by atoms with Crippen LogP contribution < -0.4 is 0 Å². The van der Waals surface area contributed by atoms with Gasteiger partial charge in [0.1, 0.15) is 0 Å². The lowest BCUT2D eigenvalue weighted by molar-refractivity contribution is -0.121. The molecule has 0 bridgehead atoms. The minimum Gasteiger partial charge on any atom is -0.0845 e. The third-order valence-electron chi connectivity index (χ3n) is 44.8. The van der Waals surface area contributed by atoms with Gasteiger partial charge in [0.05, 0.1) is 0 Å². The summed E-state index contributed by atoms with van der Waals surface area (Å²) in [7, 11) is 0. The van der Waals surface area contributed by atoms with E-state index in [1.807, 2.05) is 11.1 Å². The van der Waals surface area contributed by atoms with Crippen LogP contribution in [0.4, 0.5) is 0 Å². The van der Waals surface area contributed by atoms with E-state index in [9.17, 15) is 0 Å². The third kappa shape index (κ3) is 18.5. The van der Waals surface area contributed by atoms with E-state index in [0.717, 1.165) is 178 Å². The van der Waals surface area contributed by atoms with Crippen molar-refractivity contribution in [2.75, 3.05) is 0 Å². The van der Waals surface area contributed by atoms with Crippen LogP contribution in [0, 0.1) is 221 Å². The molecule has 0 spiro atoms. The molecule has 0 heterocycles. The van der Waals surface area contributed by atoms with Crippen molar-refractivity contribution in [2.24, 2.45) is 221 Å². The normalized spacial score (nSPS) is 46.7. The second kappa shape index (κ2) is 38.6. The minimum atomic E-state index is 0.552. The van der Waals surface area contributed by atoms with Gasteiger partial charge < -0.3 is 0 Å². The molecule has 0 radical (unpaired) electrons. The van der Waals surface area contributed by atoms with Crippen LogP contribution in [0.25, 0.3) is 0 Å². The summed E-state index contributed by atoms with van der Waals surface area (Å²) in [5.41, 5.74) is 8.86. The first-order valence-electron chi connectivity index (χ1n) is 54.5. The van der Waals surface area contributed by atoms with Crippen LogP contribution in [-0.4, -0.2) is 0 Å². The molecule has 0 saturated heterocycles. The molecule has 0 aromatic rings. The van der Waals surface area contributed by atoms with Gasteiger partial charge in [0.2, 0.25) is 0 Å². The molecule has 16 aliphatic carbocycles. The Bertz CT molecular complexity index is 3110. The van der Waals surface area contributed by atoms with Gasteiger partial charge in [0.25, 0.3) is 0 Å². The summed E-state index contributed by atoms with van der Waals surface area (Å²) in [6.45, 7) is 61.2. The highest BCUT2D eigenvalue weighted by Gasteiger charge is 2.65. The molecule has 0 N–H and O–H groups in total. The molecule has 0 unspecified atom stereocenters. The standard InChI is InChI=1S/C30H54.C29H52.C29H50.C28H48/c1-7-9-23-16-18-29(5)24(20-23)12-13-25-27-15-14-26(22(4)11-8-10-21(2)3)30(27,6)19-17-28(25)29;2*1-7-22-15-17-28(5)23(19-22)11-12-24-26-14-13-25(21(4)10-8-9-20(2)3)29(26,6)18-16-27(24)28;1-19(2)8-7-9-21(4)24-12-13-25-23-11-10-22-18-20(3)14-16-27(22,5)26(23)15-17-28(24,25)6/h21-28H,7-20H2,1-6H3;20-27H,7-19H2,1-6H3;11,20-22,24-27H,7-10,12-19H2,1-6H3;10,19-21,23-26H,7-9,11-18H2,1-6H3/t22-,23+,24+,25+,26-,27+,28+,29+,30-;21-,22+,23+,24+,25-,26+,27+,28+,29-;21-,22-,24+,25-,26+,27+,28+,29-;20-,21-,23+,24-,25+,26+,27+,28-/m1111/s1. The van der Waals surface area contributed by atoms with E-state index in [4.69, 9.17) is 0 Å². The summed E-state index contributed by atoms with van der Waals surface area (Å²) < 4.78 is 0. The van der Waals surface area contributed by atoms with Gasteiger partial charge in [-0.1, -0.05) is 292 Å². The van der Waals surface area contributed by atoms with E-state index < -0.39 is 0 Å². The molecule has 0 amide bonds. The van der Waals surface area contributed by atoms with Crippen molar-refractivity contribution in [2.45, 2.75) is 487 Å². The number of fused-ring (bicyclic) bond motifs is 20. The number of allylic oxidation sites excluding steroid dienone is 4. The Morgan fingerprint density at radius 1 is 0.293 bits per heavy atom. The topological polar surface area (TPSA) is 0 Å². The Kier molecular flexibility index (Phi) is 31.0. The lowest BCUT2D eigenvalue weighted by Crippen LogP contribution is -2.53. The first-order chi connectivity index (χ1) is 55.1. The van der Waals surface area contributed by atoms with Crippen molar-refractivity contribution < 1.29 is 0 Å². The molecular weight excluding hydrogens is 1390 g/mol. The Labute approximate surface area is 726 Å². The monoisotopic (exact) mass is 1600 g/mol. The predicted octanol–water partition coefficient (Wildman–Crippen LogP) is 36.4. The Morgan fingerprint density at radius 3 is 0.966 bits per heavy atom. The van der Waals surface area contributed by atoms with Crippen molar-refractivity contribution >= 4 is 0 Å². The van der Waals surface area contributed by atoms with Crippen molar-refractivity contribution in [3.05, 3.63) is 23.3 Å². The van der Waals surface area contributed by atoms with Gasteiger partial charge in [-0.05, 0) is 439 Å². The van der Waals surface area contributed by atoms with Crippen molar-refractivity contribution in [3.8, 4) is 0 Å². The average molecular weight is 1600 g/mol. The molecule has 0 aromatic heterocycles. The van der Waals surface area contributed by atoms with Gasteiger partial charge >= 0.3 is 0 Å². The zero-order valence-electron chi connectivity index (χ0n) is 82.8. The molecule has 0 heteroatoms. The van der Waals surface area contributed by atoms with E-state index in [0.29, 0.717) is 43.3 Å². The van der Waals surface area contributed by atoms with Crippen LogP contribution in [0.5, 0.6) is 0 Å². The lowest BCUT2D eigenvalue weighted by atomic mass is 9.44. The second-order valence-corrected chi connectivity index (χ2v) is 52.3. The first-order valence-corrected chi connectivity index (χ1v) is 54.5. The van der Waals surface area contributed by atoms with Gasteiger partial charge in [0.15, 0.2) is 0 Å². The van der Waals surface area contributed by atoms with Gasteiger partial charge in [-0.25, -0.2) is 0 Å². The summed E-state index contributed by atoms with van der Waals surface area (Å²) in [5, 5.41) is 0. The van der Waals surface area contributed by atoms with Crippen molar-refractivity contribution in [1.82, 2.24) is 0 Å². The van der Waals surface area contributed by atoms with E-state index in [2.05, 4.69) is 178 Å². The van der Waals surface area contributed by atoms with Gasteiger partial charge in [0, 0.05) is 0 Å². The number of rotatable bonds is 24. The van der Waals surface area contributed by atoms with Crippen LogP contribution >= 0.6 is 0 Å². The maximum atomic E-state index is 2.77. The van der Waals surface area contributed by atoms with Crippen LogP contribution in [0.1, 0.15) is 487 Å². The summed E-state index contributed by atoms with van der Waals surface area (Å²) in [4.78, 5) is 0. The molecule has 16 rings (SSSR count). The third-order valence-corrected chi connectivity index (χ3v) is 44.8. The van der Waals surface area contributed by atoms with E-state index in [-0.39, 0.29) is 0 Å². The van der Waals surface area contributed by atoms with Crippen LogP contribution in [0.15, 0.2) is 23.3 Å². The van der Waals surface area contributed by atoms with Gasteiger partial charge in [-0.2, -0.15) is 0 Å². The fraction of sp³-hybridized carbons (Fsp3) is 0.966. The Morgan fingerprint density at radius 2 is 0.603 bits per heavy atom. The minimum absolute atomic E-state index is 0.552. The van der Waals surface area contributed by atoms with Crippen LogP contribution in [0.2, 0.25) is 0 Å². The molecule has 34 atom stereocenters. The molecule has 0 aliphatic heterocycles. The highest BCUT2D eigenvalue weighted by molar-refractivity contribution is 5.27. The molecule has 0 nitrogen and oxygen atoms in total. The molecule has 14 fully saturated rings. The summed E-state index contributed by atoms with van der Waals surface area (Å²) >= 11 is 0. The Hall–Kier alpha value is -0.520. The van der Waals surface area contributed by atoms with E-state index >= 15 is 0 Å². The molecule has 16 aliphatic rings. The zero-order valence-corrected chi connectivity index (χ0v) is 82.8. The molecular formula is C116H204. The highest BCUT2D eigenvalue weighted by Crippen LogP contribution is 2.74. The van der Waals surface area contributed by atoms with Crippen LogP contribution in [-0.2, 0) is 0 Å². The van der Waals surface area contributed by atoms with E-state index in [1.165, 1.54) is 212 Å². The van der Waals surface area contributed by atoms with Crippen molar-refractivity contribution in [1.29, 1.82) is 0 Å². The summed E-state index contributed by atoms with van der Waals surface area (Å²) in [5.74, 6) is 29.8. The SMILES string of the molecule is CC(C)CCC[C@@H](C)[C@H]1CC[C@H]2[C@@H]3CC=C4C[C@H](C)CC[C@]4(C)[C@H]3CC[C@]12C.CCC[C@H]1CC[C@@]2(C)[C@@H](CC[C@@H]3[C@@H]2CC[C@]2(C)[C@@H]([C@H](C)CCCC(C)C)CC[C@@H]32)C1.CC[C@@H]1CC[C@@]2(C)C(=CC[C@H]3[C@@H]4CC[C@H]([C@H](C)CCCC(C)C)[C@@]4(C)CC[C@@H]32)C1.CC[C@H]1CC[C@@]2(C)[C@@H](CC[C@@H]3[C@@H]2CC[C@]2(C)[C@@H]([C@H](C)CCCC(C)C)CC[C@@H]32)C1. The van der Waals surface area contributed by atoms with Crippen LogP contribution in [0.3, 0.4) is 0 Å². The Balaban J connectivity index is 0.000000135. The zero-order chi connectivity index (χ0) is 83.2. The van der Waals surface area contributed by atoms with Gasteiger partial charge in [-0.3, -0.25) is 0 Å². The molecule has 116 heavy (non-hydrogen) atoms. The summed E-state index contributed by atoms with van der Waals surface area (Å²) in [6, 6.07) is 0. The maximum absolute atomic E-state index is 2.77. The molecule has 0 aromatic carbocycles. The number of hydrogen-bond acceptors (Lipinski definition) is 0. The molecule has 668 valence electrons. The maximum Gasteiger partial charge on any atom is -0.00851 e. The van der Waals surface area contributed by atoms with Gasteiger partial charge in [-0.15, -0.1) is 0 Å². The number of hydrogen-bond donors (Lipinski definition) is 0. The fourth-order valence-electron chi connectivity index (χ4n) is 37.8. The fourth-order valence-corrected chi connectivity index (χ4v) is 37.8. The predicted molar refractivity (Wildman–Crippen MR) is 507 cm³/mol.